The number of nitrogens with zero attached hydrogens (tertiary/aromatic N) is 4. The fourth-order valence-electron chi connectivity index (χ4n) is 3.85. The molecule has 134 valence electrons. The molecule has 1 aliphatic carbocycles. The second kappa shape index (κ2) is 7.09. The number of fused-ring (bicyclic) bond motifs is 1. The Bertz CT molecular complexity index is 932. The van der Waals surface area contributed by atoms with E-state index in [-0.39, 0.29) is 0 Å². The van der Waals surface area contributed by atoms with Crippen LogP contribution in [-0.2, 0) is 4.57 Å². The Morgan fingerprint density at radius 2 is 1.85 bits per heavy atom. The van der Waals surface area contributed by atoms with Crippen molar-refractivity contribution >= 4 is 25.0 Å². The third-order valence-corrected chi connectivity index (χ3v) is 6.09. The largest absolute Gasteiger partial charge is 0.505 e. The predicted octanol–water partition coefficient (Wildman–Crippen LogP) is 3.41. The molecule has 0 radical (unpaired) electrons. The van der Waals surface area contributed by atoms with Crippen LogP contribution in [0.1, 0.15) is 37.2 Å². The van der Waals surface area contributed by atoms with E-state index in [1.54, 1.807) is 6.33 Å². The van der Waals surface area contributed by atoms with Crippen LogP contribution in [0.25, 0.3) is 16.9 Å². The van der Waals surface area contributed by atoms with Gasteiger partial charge in [0.25, 0.3) is 0 Å². The summed E-state index contributed by atoms with van der Waals surface area (Å²) in [4.78, 5) is 21.7. The maximum Gasteiger partial charge on any atom is 0.505 e. The number of aromatic nitrogens is 4. The van der Waals surface area contributed by atoms with E-state index >= 15 is 0 Å². The normalized spacial score (nSPS) is 21.0. The molecule has 4 rings (SSSR count). The quantitative estimate of drug-likeness (QED) is 0.682. The molecule has 1 unspecified atom stereocenters. The molecule has 2 aromatic heterocycles. The van der Waals surface area contributed by atoms with Crippen LogP contribution in [0.15, 0.2) is 36.9 Å². The Kier molecular flexibility index (Phi) is 4.66. The maximum absolute atomic E-state index is 11.0. The monoisotopic (exact) mass is 370 g/mol. The van der Waals surface area contributed by atoms with E-state index in [0.717, 1.165) is 31.4 Å². The molecule has 1 atom stereocenters. The topological polar surface area (TPSA) is 107 Å². The first-order valence-electron chi connectivity index (χ1n) is 8.79. The van der Waals surface area contributed by atoms with Gasteiger partial charge < -0.3 is 5.73 Å². The van der Waals surface area contributed by atoms with Crippen LogP contribution in [0, 0.1) is 5.92 Å². The summed E-state index contributed by atoms with van der Waals surface area (Å²) >= 11 is 0. The highest BCUT2D eigenvalue weighted by Crippen LogP contribution is 2.38. The van der Waals surface area contributed by atoms with Crippen LogP contribution in [0.3, 0.4) is 0 Å². The summed E-state index contributed by atoms with van der Waals surface area (Å²) in [6.45, 7) is 0. The third-order valence-electron chi connectivity index (χ3n) is 5.27. The predicted molar refractivity (Wildman–Crippen MR) is 100 cm³/mol. The van der Waals surface area contributed by atoms with Crippen molar-refractivity contribution in [1.82, 2.24) is 19.5 Å². The summed E-state index contributed by atoms with van der Waals surface area (Å²) in [5, 5.41) is 0. The maximum atomic E-state index is 11.0. The van der Waals surface area contributed by atoms with Crippen LogP contribution in [0.4, 0.5) is 5.82 Å². The van der Waals surface area contributed by atoms with E-state index in [1.807, 2.05) is 4.57 Å². The van der Waals surface area contributed by atoms with Gasteiger partial charge >= 0.3 is 8.03 Å². The smallest absolute Gasteiger partial charge is 0.382 e. The van der Waals surface area contributed by atoms with Gasteiger partial charge in [-0.05, 0) is 53.9 Å². The van der Waals surface area contributed by atoms with Crippen molar-refractivity contribution in [3.05, 3.63) is 42.5 Å². The van der Waals surface area contributed by atoms with E-state index in [1.165, 1.54) is 11.9 Å². The second-order valence-corrected chi connectivity index (χ2v) is 7.96. The van der Waals surface area contributed by atoms with Gasteiger partial charge in [0.2, 0.25) is 0 Å². The zero-order valence-corrected chi connectivity index (χ0v) is 15.2. The molecular weight excluding hydrogens is 349 g/mol. The summed E-state index contributed by atoms with van der Waals surface area (Å²) in [6.07, 6.45) is 7.80. The molecule has 3 aromatic rings. The summed E-state index contributed by atoms with van der Waals surface area (Å²) < 4.78 is 12.9. The van der Waals surface area contributed by atoms with Crippen molar-refractivity contribution in [2.24, 2.45) is 5.92 Å². The van der Waals surface area contributed by atoms with Crippen molar-refractivity contribution in [3.63, 3.8) is 0 Å². The van der Waals surface area contributed by atoms with Gasteiger partial charge in [0.15, 0.2) is 23.1 Å². The average Bonchev–Trinajstić information content (AvgIpc) is 3.08. The van der Waals surface area contributed by atoms with Crippen molar-refractivity contribution in [1.29, 1.82) is 0 Å². The zero-order chi connectivity index (χ0) is 18.1. The standard InChI is InChI=1S/C18H20N5O2P/c19-17-16-18(21-10-20-17)23(11-22-16)15-7-5-14(6-8-15)13-3-1-12(2-4-13)9-26(24)25/h5-8,10-13H,1-4,9H2,(H2-,19,20,21,24,25)/p+1. The van der Waals surface area contributed by atoms with E-state index in [2.05, 4.69) is 39.2 Å². The van der Waals surface area contributed by atoms with E-state index in [4.69, 9.17) is 10.6 Å². The Labute approximate surface area is 152 Å². The van der Waals surface area contributed by atoms with Crippen LogP contribution in [-0.4, -0.2) is 30.6 Å². The fraction of sp³-hybridized carbons (Fsp3) is 0.389. The lowest BCUT2D eigenvalue weighted by Gasteiger charge is -2.26. The van der Waals surface area contributed by atoms with Gasteiger partial charge in [-0.3, -0.25) is 4.57 Å². The van der Waals surface area contributed by atoms with Gasteiger partial charge in [-0.1, -0.05) is 12.1 Å². The first kappa shape index (κ1) is 17.1. The highest BCUT2D eigenvalue weighted by Gasteiger charge is 2.28. The molecular formula is C18H21N5O2P+. The number of anilines is 1. The van der Waals surface area contributed by atoms with Crippen molar-refractivity contribution in [2.75, 3.05) is 11.9 Å². The Morgan fingerprint density at radius 3 is 2.54 bits per heavy atom. The molecule has 0 saturated heterocycles. The summed E-state index contributed by atoms with van der Waals surface area (Å²) in [7, 11) is -2.01. The molecule has 8 heteroatoms. The molecule has 1 saturated carbocycles. The van der Waals surface area contributed by atoms with Crippen molar-refractivity contribution in [3.8, 4) is 5.69 Å². The molecule has 0 spiro atoms. The van der Waals surface area contributed by atoms with Crippen LogP contribution >= 0.6 is 8.03 Å². The highest BCUT2D eigenvalue weighted by atomic mass is 31.1. The van der Waals surface area contributed by atoms with Crippen molar-refractivity contribution in [2.45, 2.75) is 31.6 Å². The number of benzene rings is 1. The Balaban J connectivity index is 1.50. The van der Waals surface area contributed by atoms with E-state index in [9.17, 15) is 4.57 Å². The van der Waals surface area contributed by atoms with Gasteiger partial charge in [-0.15, -0.1) is 0 Å². The Morgan fingerprint density at radius 1 is 1.12 bits per heavy atom. The minimum absolute atomic E-state index is 0.381. The van der Waals surface area contributed by atoms with Crippen molar-refractivity contribution < 1.29 is 9.46 Å². The number of nitrogen functional groups attached to an aromatic ring is 1. The lowest BCUT2D eigenvalue weighted by molar-refractivity contribution is 0.344. The lowest BCUT2D eigenvalue weighted by Crippen LogP contribution is -2.15. The molecule has 1 aliphatic rings. The van der Waals surface area contributed by atoms with Gasteiger partial charge in [-0.25, -0.2) is 15.0 Å². The number of nitrogens with two attached hydrogens (primary N) is 1. The zero-order valence-electron chi connectivity index (χ0n) is 14.3. The number of hydrogen-bond acceptors (Lipinski definition) is 5. The number of rotatable bonds is 4. The minimum Gasteiger partial charge on any atom is -0.382 e. The van der Waals surface area contributed by atoms with Gasteiger partial charge in [-0.2, -0.15) is 4.89 Å². The summed E-state index contributed by atoms with van der Waals surface area (Å²) in [5.41, 5.74) is 9.46. The fourth-order valence-corrected chi connectivity index (χ4v) is 4.66. The molecule has 1 aromatic carbocycles. The Hall–Kier alpha value is -2.37. The summed E-state index contributed by atoms with van der Waals surface area (Å²) in [5.74, 6) is 1.29. The number of hydrogen-bond donors (Lipinski definition) is 2. The van der Waals surface area contributed by atoms with E-state index in [0.29, 0.717) is 35.0 Å². The lowest BCUT2D eigenvalue weighted by atomic mass is 9.79. The number of imidazole rings is 1. The summed E-state index contributed by atoms with van der Waals surface area (Å²) in [6, 6.07) is 8.46. The van der Waals surface area contributed by atoms with Gasteiger partial charge in [0.1, 0.15) is 12.7 Å². The van der Waals surface area contributed by atoms with Gasteiger partial charge in [0.05, 0.1) is 0 Å². The first-order chi connectivity index (χ1) is 12.6. The SMILES string of the molecule is Nc1ncnc2c1ncn2-c1ccc(C2CCC(C[P+](=O)O)CC2)cc1. The first-order valence-corrected chi connectivity index (χ1v) is 10.2. The molecule has 0 bridgehead atoms. The molecule has 26 heavy (non-hydrogen) atoms. The minimum atomic E-state index is -2.01. The molecule has 1 fully saturated rings. The molecule has 2 heterocycles. The van der Waals surface area contributed by atoms with Crippen LogP contribution < -0.4 is 5.73 Å². The van der Waals surface area contributed by atoms with Crippen LogP contribution in [0.2, 0.25) is 0 Å². The molecule has 0 amide bonds. The molecule has 0 aliphatic heterocycles. The van der Waals surface area contributed by atoms with Crippen LogP contribution in [0.5, 0.6) is 0 Å². The highest BCUT2D eigenvalue weighted by molar-refractivity contribution is 7.38. The van der Waals surface area contributed by atoms with Gasteiger partial charge in [0, 0.05) is 11.6 Å². The third kappa shape index (κ3) is 3.32. The van der Waals surface area contributed by atoms with E-state index < -0.39 is 8.03 Å². The second-order valence-electron chi connectivity index (χ2n) is 6.89. The molecule has 3 N–H and O–H groups in total. The molecule has 7 nitrogen and oxygen atoms in total. The average molecular weight is 370 g/mol.